The van der Waals surface area contributed by atoms with Crippen LogP contribution in [0, 0.1) is 0 Å². The Hall–Kier alpha value is -1.25. The lowest BCUT2D eigenvalue weighted by Gasteiger charge is -2.19. The number of hydrogen-bond acceptors (Lipinski definition) is 3. The van der Waals surface area contributed by atoms with E-state index in [2.05, 4.69) is 4.72 Å². The van der Waals surface area contributed by atoms with Gasteiger partial charge in [-0.2, -0.15) is 13.2 Å². The van der Waals surface area contributed by atoms with Crippen LogP contribution in [0.15, 0.2) is 41.3 Å². The number of hydrogen-bond donors (Lipinski definition) is 2. The molecule has 2 rings (SSSR count). The molecule has 0 fully saturated rings. The molecule has 2 atom stereocenters. The Balaban J connectivity index is 2.54. The van der Waals surface area contributed by atoms with Gasteiger partial charge in [0.05, 0.1) is 26.8 Å². The van der Waals surface area contributed by atoms with Crippen LogP contribution < -0.4 is 4.72 Å². The summed E-state index contributed by atoms with van der Waals surface area (Å²) >= 11 is 11.4. The molecular formula is C16H15Cl2F3NO4PS. The normalized spacial score (nSPS) is 14.5. The average Bonchev–Trinajstić information content (AvgIpc) is 2.56. The van der Waals surface area contributed by atoms with E-state index in [1.54, 1.807) is 6.92 Å². The molecule has 0 aromatic heterocycles. The second-order valence-electron chi connectivity index (χ2n) is 5.78. The molecule has 0 heterocycles. The van der Waals surface area contributed by atoms with Crippen LogP contribution in [0.25, 0.3) is 0 Å². The van der Waals surface area contributed by atoms with Crippen LogP contribution in [0.3, 0.4) is 0 Å². The van der Waals surface area contributed by atoms with Gasteiger partial charge in [-0.1, -0.05) is 36.2 Å². The fourth-order valence-electron chi connectivity index (χ4n) is 2.54. The summed E-state index contributed by atoms with van der Waals surface area (Å²) in [5, 5.41) is -0.499. The minimum atomic E-state index is -4.84. The zero-order chi connectivity index (χ0) is 21.3. The molecule has 0 bridgehead atoms. The van der Waals surface area contributed by atoms with Gasteiger partial charge in [0, 0.05) is 5.02 Å². The first-order chi connectivity index (χ1) is 12.9. The quantitative estimate of drug-likeness (QED) is 0.522. The van der Waals surface area contributed by atoms with Crippen LogP contribution in [0.2, 0.25) is 10.0 Å². The van der Waals surface area contributed by atoms with E-state index in [9.17, 15) is 31.0 Å². The standard InChI is InChI=1S/C16H15Cl2F3NO4PS/c1-2-15(27(23)24)11-5-3-9(17)7-14(11)22-28(25,26)10-4-6-13(18)12(8-10)16(19,20)21/h3-8,15,22,27H,2H2,1H3,(H,23,24). The molecule has 0 aliphatic rings. The third-order valence-corrected chi connectivity index (χ3v) is 7.14. The van der Waals surface area contributed by atoms with Gasteiger partial charge in [0.25, 0.3) is 10.0 Å². The van der Waals surface area contributed by atoms with E-state index in [-0.39, 0.29) is 22.7 Å². The Bertz CT molecular complexity index is 1020. The number of nitrogens with one attached hydrogen (secondary N) is 1. The fourth-order valence-corrected chi connectivity index (χ4v) is 4.91. The average molecular weight is 476 g/mol. The Kier molecular flexibility index (Phi) is 7.10. The van der Waals surface area contributed by atoms with Crippen molar-refractivity contribution in [3.05, 3.63) is 57.6 Å². The van der Waals surface area contributed by atoms with Crippen LogP contribution in [-0.4, -0.2) is 13.3 Å². The van der Waals surface area contributed by atoms with Gasteiger partial charge in [0.15, 0.2) is 8.03 Å². The molecule has 2 unspecified atom stereocenters. The van der Waals surface area contributed by atoms with Crippen LogP contribution in [-0.2, 0) is 20.8 Å². The molecule has 2 aromatic carbocycles. The largest absolute Gasteiger partial charge is 0.417 e. The molecule has 154 valence electrons. The van der Waals surface area contributed by atoms with Gasteiger partial charge in [-0.15, -0.1) is 0 Å². The maximum Gasteiger partial charge on any atom is 0.417 e. The zero-order valence-corrected chi connectivity index (χ0v) is 17.5. The molecule has 0 aliphatic carbocycles. The summed E-state index contributed by atoms with van der Waals surface area (Å²) in [5.41, 5.74) is -2.02. The Morgan fingerprint density at radius 3 is 2.36 bits per heavy atom. The first-order valence-corrected chi connectivity index (χ1v) is 11.5. The van der Waals surface area contributed by atoms with Gasteiger partial charge in [0.1, 0.15) is 0 Å². The van der Waals surface area contributed by atoms with E-state index in [4.69, 9.17) is 23.2 Å². The topological polar surface area (TPSA) is 83.5 Å². The highest BCUT2D eigenvalue weighted by Gasteiger charge is 2.34. The molecule has 0 amide bonds. The summed E-state index contributed by atoms with van der Waals surface area (Å²) in [6.45, 7) is 1.64. The maximum atomic E-state index is 13.0. The lowest BCUT2D eigenvalue weighted by molar-refractivity contribution is -0.137. The predicted octanol–water partition coefficient (Wildman–Crippen LogP) is 5.73. The van der Waals surface area contributed by atoms with E-state index < -0.39 is 45.4 Å². The zero-order valence-electron chi connectivity index (χ0n) is 14.2. The van der Waals surface area contributed by atoms with Crippen molar-refractivity contribution in [1.29, 1.82) is 0 Å². The van der Waals surface area contributed by atoms with Crippen molar-refractivity contribution in [2.45, 2.75) is 30.1 Å². The van der Waals surface area contributed by atoms with Crippen LogP contribution in [0.4, 0.5) is 18.9 Å². The number of benzene rings is 2. The monoisotopic (exact) mass is 475 g/mol. The van der Waals surface area contributed by atoms with Crippen molar-refractivity contribution in [1.82, 2.24) is 0 Å². The third kappa shape index (κ3) is 5.21. The van der Waals surface area contributed by atoms with Crippen molar-refractivity contribution in [3.63, 3.8) is 0 Å². The summed E-state index contributed by atoms with van der Waals surface area (Å²) in [7, 11) is -7.51. The second kappa shape index (κ2) is 8.63. The van der Waals surface area contributed by atoms with Gasteiger partial charge in [0.2, 0.25) is 0 Å². The lowest BCUT2D eigenvalue weighted by Crippen LogP contribution is -2.16. The highest BCUT2D eigenvalue weighted by Crippen LogP contribution is 2.44. The van der Waals surface area contributed by atoms with Crippen LogP contribution in [0.1, 0.15) is 30.1 Å². The van der Waals surface area contributed by atoms with Crippen LogP contribution in [0.5, 0.6) is 0 Å². The van der Waals surface area contributed by atoms with Crippen molar-refractivity contribution >= 4 is 46.9 Å². The summed E-state index contributed by atoms with van der Waals surface area (Å²) in [5.74, 6) is 0. The van der Waals surface area contributed by atoms with E-state index in [0.717, 1.165) is 12.1 Å². The van der Waals surface area contributed by atoms with E-state index in [0.29, 0.717) is 6.07 Å². The molecule has 2 N–H and O–H groups in total. The SMILES string of the molecule is CCC(c1ccc(Cl)cc1NS(=O)(=O)c1ccc(Cl)c(C(F)(F)F)c1)[PH](=O)O. The van der Waals surface area contributed by atoms with Gasteiger partial charge in [-0.3, -0.25) is 9.29 Å². The molecule has 0 radical (unpaired) electrons. The minimum absolute atomic E-state index is 0.0877. The Labute approximate surface area is 170 Å². The number of rotatable bonds is 6. The van der Waals surface area contributed by atoms with Crippen molar-refractivity contribution < 1.29 is 31.0 Å². The van der Waals surface area contributed by atoms with Crippen LogP contribution >= 0.6 is 31.2 Å². The van der Waals surface area contributed by atoms with E-state index in [1.807, 2.05) is 0 Å². The molecule has 2 aromatic rings. The molecule has 0 aliphatic heterocycles. The number of anilines is 1. The molecule has 0 saturated carbocycles. The maximum absolute atomic E-state index is 13.0. The van der Waals surface area contributed by atoms with Gasteiger partial charge < -0.3 is 4.89 Å². The highest BCUT2D eigenvalue weighted by atomic mass is 35.5. The first kappa shape index (κ1) is 23.0. The number of halogens is 5. The first-order valence-electron chi connectivity index (χ1n) is 7.78. The molecule has 12 heteroatoms. The number of alkyl halides is 3. The van der Waals surface area contributed by atoms with Crippen molar-refractivity contribution in [2.24, 2.45) is 0 Å². The Morgan fingerprint density at radius 1 is 1.18 bits per heavy atom. The molecule has 5 nitrogen and oxygen atoms in total. The van der Waals surface area contributed by atoms with E-state index in [1.165, 1.54) is 18.2 Å². The predicted molar refractivity (Wildman–Crippen MR) is 103 cm³/mol. The van der Waals surface area contributed by atoms with Gasteiger partial charge in [-0.25, -0.2) is 8.42 Å². The molecular weight excluding hydrogens is 461 g/mol. The van der Waals surface area contributed by atoms with Crippen molar-refractivity contribution in [2.75, 3.05) is 4.72 Å². The summed E-state index contributed by atoms with van der Waals surface area (Å²) < 4.78 is 78.1. The minimum Gasteiger partial charge on any atom is -0.346 e. The Morgan fingerprint density at radius 2 is 1.82 bits per heavy atom. The molecule has 0 spiro atoms. The summed E-state index contributed by atoms with van der Waals surface area (Å²) in [4.78, 5) is 8.86. The van der Waals surface area contributed by atoms with Gasteiger partial charge >= 0.3 is 6.18 Å². The second-order valence-corrected chi connectivity index (χ2v) is 9.67. The summed E-state index contributed by atoms with van der Waals surface area (Å²) in [6.07, 6.45) is -4.60. The van der Waals surface area contributed by atoms with Crippen molar-refractivity contribution in [3.8, 4) is 0 Å². The number of sulfonamides is 1. The fraction of sp³-hybridized carbons (Fsp3) is 0.250. The third-order valence-electron chi connectivity index (χ3n) is 3.89. The molecule has 28 heavy (non-hydrogen) atoms. The summed E-state index contributed by atoms with van der Waals surface area (Å²) in [6, 6.07) is 6.22. The smallest absolute Gasteiger partial charge is 0.346 e. The highest BCUT2D eigenvalue weighted by molar-refractivity contribution is 7.92. The lowest BCUT2D eigenvalue weighted by atomic mass is 10.1. The van der Waals surface area contributed by atoms with E-state index >= 15 is 0 Å². The molecule has 0 saturated heterocycles. The van der Waals surface area contributed by atoms with Gasteiger partial charge in [-0.05, 0) is 42.3 Å².